The zero-order valence-corrected chi connectivity index (χ0v) is 10.6. The Balaban J connectivity index is 2.30. The summed E-state index contributed by atoms with van der Waals surface area (Å²) in [6.07, 6.45) is 2.00. The molecule has 0 fully saturated rings. The highest BCUT2D eigenvalue weighted by molar-refractivity contribution is 7.09. The third kappa shape index (κ3) is 4.77. The van der Waals surface area contributed by atoms with Gasteiger partial charge in [0.15, 0.2) is 0 Å². The maximum Gasteiger partial charge on any atom is 0.202 e. The molecule has 1 aromatic heterocycles. The smallest absolute Gasteiger partial charge is 0.202 e. The zero-order valence-electron chi connectivity index (χ0n) is 8.99. The Morgan fingerprint density at radius 1 is 1.60 bits per heavy atom. The standard InChI is InChI=1S/C9H16ClN3OS/c1-3-4-8-12-9(15-13-8)11-5-7(10)6-14-2/h7H,3-6H2,1-2H3,(H,11,12,13). The average molecular weight is 250 g/mol. The molecule has 0 aliphatic carbocycles. The number of halogens is 1. The van der Waals surface area contributed by atoms with Gasteiger partial charge in [0.1, 0.15) is 5.82 Å². The molecule has 1 heterocycles. The first-order chi connectivity index (χ1) is 7.26. The van der Waals surface area contributed by atoms with E-state index in [1.54, 1.807) is 7.11 Å². The van der Waals surface area contributed by atoms with Crippen molar-refractivity contribution in [3.8, 4) is 0 Å². The molecule has 1 unspecified atom stereocenters. The highest BCUT2D eigenvalue weighted by atomic mass is 35.5. The molecule has 0 amide bonds. The van der Waals surface area contributed by atoms with Gasteiger partial charge in [0.25, 0.3) is 0 Å². The fourth-order valence-corrected chi connectivity index (χ4v) is 1.91. The number of alkyl halides is 1. The molecule has 0 spiro atoms. The second kappa shape index (κ2) is 6.98. The zero-order chi connectivity index (χ0) is 11.1. The Bertz CT molecular complexity index is 282. The number of aromatic nitrogens is 2. The van der Waals surface area contributed by atoms with Crippen molar-refractivity contribution in [1.29, 1.82) is 0 Å². The largest absolute Gasteiger partial charge is 0.383 e. The van der Waals surface area contributed by atoms with E-state index < -0.39 is 0 Å². The first-order valence-corrected chi connectivity index (χ1v) is 6.16. The number of hydrogen-bond donors (Lipinski definition) is 1. The molecular formula is C9H16ClN3OS. The number of nitrogens with one attached hydrogen (secondary N) is 1. The van der Waals surface area contributed by atoms with Crippen molar-refractivity contribution in [2.45, 2.75) is 25.1 Å². The minimum Gasteiger partial charge on any atom is -0.383 e. The van der Waals surface area contributed by atoms with Crippen LogP contribution in [0.4, 0.5) is 5.13 Å². The predicted octanol–water partition coefficient (Wildman–Crippen LogP) is 2.16. The van der Waals surface area contributed by atoms with E-state index >= 15 is 0 Å². The summed E-state index contributed by atoms with van der Waals surface area (Å²) in [5.41, 5.74) is 0. The van der Waals surface area contributed by atoms with Crippen molar-refractivity contribution < 1.29 is 4.74 Å². The summed E-state index contributed by atoms with van der Waals surface area (Å²) >= 11 is 7.35. The molecule has 0 aliphatic rings. The molecule has 1 rings (SSSR count). The molecule has 15 heavy (non-hydrogen) atoms. The molecule has 0 saturated carbocycles. The Kier molecular flexibility index (Phi) is 5.90. The Hall–Kier alpha value is -0.390. The lowest BCUT2D eigenvalue weighted by Crippen LogP contribution is -2.18. The molecule has 4 nitrogen and oxygen atoms in total. The van der Waals surface area contributed by atoms with Gasteiger partial charge < -0.3 is 10.1 Å². The van der Waals surface area contributed by atoms with Gasteiger partial charge >= 0.3 is 0 Å². The number of hydrogen-bond acceptors (Lipinski definition) is 5. The highest BCUT2D eigenvalue weighted by Gasteiger charge is 2.06. The molecule has 0 bridgehead atoms. The van der Waals surface area contributed by atoms with Crippen molar-refractivity contribution >= 4 is 28.3 Å². The quantitative estimate of drug-likeness (QED) is 0.753. The normalized spacial score (nSPS) is 12.7. The van der Waals surface area contributed by atoms with Gasteiger partial charge in [-0.3, -0.25) is 0 Å². The second-order valence-corrected chi connectivity index (χ2v) is 4.57. The molecule has 0 aromatic carbocycles. The lowest BCUT2D eigenvalue weighted by Gasteiger charge is -2.07. The second-order valence-electron chi connectivity index (χ2n) is 3.20. The molecule has 6 heteroatoms. The lowest BCUT2D eigenvalue weighted by molar-refractivity contribution is 0.200. The Morgan fingerprint density at radius 3 is 3.07 bits per heavy atom. The molecule has 0 aliphatic heterocycles. The summed E-state index contributed by atoms with van der Waals surface area (Å²) in [7, 11) is 1.64. The van der Waals surface area contributed by atoms with Crippen molar-refractivity contribution in [3.63, 3.8) is 0 Å². The van der Waals surface area contributed by atoms with E-state index in [9.17, 15) is 0 Å². The molecule has 0 radical (unpaired) electrons. The van der Waals surface area contributed by atoms with Crippen LogP contribution in [0.1, 0.15) is 19.2 Å². The Morgan fingerprint density at radius 2 is 2.40 bits per heavy atom. The van der Waals surface area contributed by atoms with E-state index in [0.717, 1.165) is 23.8 Å². The summed E-state index contributed by atoms with van der Waals surface area (Å²) in [6.45, 7) is 3.30. The number of nitrogens with zero attached hydrogens (tertiary/aromatic N) is 2. The molecule has 1 aromatic rings. The van der Waals surface area contributed by atoms with Crippen LogP contribution in [-0.4, -0.2) is 35.0 Å². The summed E-state index contributed by atoms with van der Waals surface area (Å²) < 4.78 is 9.15. The van der Waals surface area contributed by atoms with Crippen LogP contribution in [0.2, 0.25) is 0 Å². The van der Waals surface area contributed by atoms with Gasteiger partial charge in [-0.1, -0.05) is 6.92 Å². The van der Waals surface area contributed by atoms with E-state index in [-0.39, 0.29) is 5.38 Å². The Labute approximate surface area is 99.2 Å². The average Bonchev–Trinajstić information content (AvgIpc) is 2.64. The number of aryl methyl sites for hydroxylation is 1. The number of anilines is 1. The number of ether oxygens (including phenoxy) is 1. The third-order valence-electron chi connectivity index (χ3n) is 1.76. The van der Waals surface area contributed by atoms with Crippen LogP contribution in [0, 0.1) is 0 Å². The highest BCUT2D eigenvalue weighted by Crippen LogP contribution is 2.12. The van der Waals surface area contributed by atoms with Crippen LogP contribution in [0.3, 0.4) is 0 Å². The van der Waals surface area contributed by atoms with E-state index in [2.05, 4.69) is 21.6 Å². The fraction of sp³-hybridized carbons (Fsp3) is 0.778. The lowest BCUT2D eigenvalue weighted by atomic mass is 10.3. The first-order valence-electron chi connectivity index (χ1n) is 4.95. The van der Waals surface area contributed by atoms with Gasteiger partial charge in [0.05, 0.1) is 12.0 Å². The van der Waals surface area contributed by atoms with Gasteiger partial charge in [-0.2, -0.15) is 4.37 Å². The summed E-state index contributed by atoms with van der Waals surface area (Å²) in [6, 6.07) is 0. The summed E-state index contributed by atoms with van der Waals surface area (Å²) in [4.78, 5) is 4.33. The van der Waals surface area contributed by atoms with Crippen LogP contribution in [0.5, 0.6) is 0 Å². The first kappa shape index (κ1) is 12.7. The van der Waals surface area contributed by atoms with Crippen molar-refractivity contribution in [3.05, 3.63) is 5.82 Å². The molecular weight excluding hydrogens is 234 g/mol. The SMILES string of the molecule is CCCc1nsc(NCC(Cl)COC)n1. The topological polar surface area (TPSA) is 47.0 Å². The van der Waals surface area contributed by atoms with Crippen LogP contribution < -0.4 is 5.32 Å². The maximum atomic E-state index is 5.97. The van der Waals surface area contributed by atoms with Crippen LogP contribution in [0.15, 0.2) is 0 Å². The van der Waals surface area contributed by atoms with E-state index in [4.69, 9.17) is 16.3 Å². The van der Waals surface area contributed by atoms with Gasteiger partial charge in [-0.25, -0.2) is 4.98 Å². The minimum absolute atomic E-state index is 0.0338. The van der Waals surface area contributed by atoms with E-state index in [1.165, 1.54) is 11.5 Å². The predicted molar refractivity (Wildman–Crippen MR) is 63.9 cm³/mol. The summed E-state index contributed by atoms with van der Waals surface area (Å²) in [5, 5.41) is 3.94. The fourth-order valence-electron chi connectivity index (χ4n) is 1.09. The number of methoxy groups -OCH3 is 1. The molecule has 1 atom stereocenters. The van der Waals surface area contributed by atoms with Gasteiger partial charge in [-0.05, 0) is 6.42 Å². The van der Waals surface area contributed by atoms with Crippen molar-refractivity contribution in [2.75, 3.05) is 25.6 Å². The van der Waals surface area contributed by atoms with E-state index in [0.29, 0.717) is 13.2 Å². The maximum absolute atomic E-state index is 5.97. The monoisotopic (exact) mass is 249 g/mol. The van der Waals surface area contributed by atoms with Crippen LogP contribution in [0.25, 0.3) is 0 Å². The van der Waals surface area contributed by atoms with Gasteiger partial charge in [-0.15, -0.1) is 11.6 Å². The van der Waals surface area contributed by atoms with Crippen molar-refractivity contribution in [2.24, 2.45) is 0 Å². The van der Waals surface area contributed by atoms with Gasteiger partial charge in [0, 0.05) is 31.6 Å². The van der Waals surface area contributed by atoms with Crippen molar-refractivity contribution in [1.82, 2.24) is 9.36 Å². The number of rotatable bonds is 7. The van der Waals surface area contributed by atoms with Crippen LogP contribution >= 0.6 is 23.1 Å². The van der Waals surface area contributed by atoms with Gasteiger partial charge in [0.2, 0.25) is 5.13 Å². The minimum atomic E-state index is -0.0338. The molecule has 86 valence electrons. The van der Waals surface area contributed by atoms with Crippen LogP contribution in [-0.2, 0) is 11.2 Å². The molecule has 0 saturated heterocycles. The third-order valence-corrected chi connectivity index (χ3v) is 2.75. The molecule has 1 N–H and O–H groups in total. The van der Waals surface area contributed by atoms with E-state index in [1.807, 2.05) is 0 Å². The summed E-state index contributed by atoms with van der Waals surface area (Å²) in [5.74, 6) is 0.905.